The summed E-state index contributed by atoms with van der Waals surface area (Å²) < 4.78 is 5.22. The van der Waals surface area contributed by atoms with Crippen molar-refractivity contribution in [3.05, 3.63) is 51.0 Å². The van der Waals surface area contributed by atoms with E-state index in [-0.39, 0.29) is 12.5 Å². The number of hydrogen-bond donors (Lipinski definition) is 2. The van der Waals surface area contributed by atoms with Gasteiger partial charge in [-0.15, -0.1) is 0 Å². The summed E-state index contributed by atoms with van der Waals surface area (Å²) in [7, 11) is 1.52. The number of ether oxygens (including phenoxy) is 1. The highest BCUT2D eigenvalue weighted by Gasteiger charge is 2.11. The summed E-state index contributed by atoms with van der Waals surface area (Å²) in [5.74, 6) is 0.259. The summed E-state index contributed by atoms with van der Waals surface area (Å²) in [6, 6.07) is 8.43. The normalized spacial score (nSPS) is 10.3. The fraction of sp³-hybridized carbons (Fsp3) is 0.188. The Kier molecular flexibility index (Phi) is 5.99. The largest absolute Gasteiger partial charge is 0.495 e. The molecule has 0 fully saturated rings. The van der Waals surface area contributed by atoms with Gasteiger partial charge in [-0.2, -0.15) is 0 Å². The first-order valence-corrected chi connectivity index (χ1v) is 7.87. The highest BCUT2D eigenvalue weighted by atomic mass is 35.5. The Labute approximate surface area is 149 Å². The molecule has 0 aliphatic carbocycles. The van der Waals surface area contributed by atoms with Gasteiger partial charge in [0, 0.05) is 16.1 Å². The molecule has 0 atom stereocenters. The van der Waals surface area contributed by atoms with Gasteiger partial charge in [-0.1, -0.05) is 34.8 Å². The predicted octanol–water partition coefficient (Wildman–Crippen LogP) is 5.01. The topological polar surface area (TPSA) is 50.4 Å². The molecule has 0 radical (unpaired) electrons. The van der Waals surface area contributed by atoms with E-state index in [1.165, 1.54) is 7.11 Å². The summed E-state index contributed by atoms with van der Waals surface area (Å²) in [5.41, 5.74) is 2.03. The van der Waals surface area contributed by atoms with Gasteiger partial charge in [0.05, 0.1) is 30.1 Å². The van der Waals surface area contributed by atoms with Crippen LogP contribution in [0.2, 0.25) is 15.1 Å². The van der Waals surface area contributed by atoms with E-state index in [9.17, 15) is 4.79 Å². The number of methoxy groups -OCH3 is 1. The number of amides is 1. The Morgan fingerprint density at radius 1 is 1.09 bits per heavy atom. The fourth-order valence-corrected chi connectivity index (χ4v) is 2.56. The van der Waals surface area contributed by atoms with Crippen molar-refractivity contribution in [2.24, 2.45) is 0 Å². The maximum atomic E-state index is 12.1. The molecule has 122 valence electrons. The van der Waals surface area contributed by atoms with E-state index >= 15 is 0 Å². The monoisotopic (exact) mass is 372 g/mol. The molecule has 7 heteroatoms. The number of hydrogen-bond acceptors (Lipinski definition) is 3. The third-order valence-electron chi connectivity index (χ3n) is 3.13. The van der Waals surface area contributed by atoms with Crippen molar-refractivity contribution in [3.63, 3.8) is 0 Å². The minimum absolute atomic E-state index is 0.0478. The van der Waals surface area contributed by atoms with Gasteiger partial charge in [0.1, 0.15) is 5.75 Å². The average molecular weight is 374 g/mol. The predicted molar refractivity (Wildman–Crippen MR) is 96.3 cm³/mol. The molecule has 23 heavy (non-hydrogen) atoms. The summed E-state index contributed by atoms with van der Waals surface area (Å²) in [5, 5.41) is 7.29. The van der Waals surface area contributed by atoms with Crippen molar-refractivity contribution in [1.82, 2.24) is 0 Å². The van der Waals surface area contributed by atoms with Crippen LogP contribution >= 0.6 is 34.8 Å². The van der Waals surface area contributed by atoms with Crippen LogP contribution < -0.4 is 15.4 Å². The molecule has 0 unspecified atom stereocenters. The quantitative estimate of drug-likeness (QED) is 0.774. The van der Waals surface area contributed by atoms with Crippen molar-refractivity contribution in [3.8, 4) is 5.75 Å². The first kappa shape index (κ1) is 17.7. The summed E-state index contributed by atoms with van der Waals surface area (Å²) in [6.45, 7) is 1.90. The van der Waals surface area contributed by atoms with E-state index in [2.05, 4.69) is 10.6 Å². The molecule has 0 aliphatic rings. The van der Waals surface area contributed by atoms with Crippen LogP contribution in [0.4, 0.5) is 11.4 Å². The minimum atomic E-state index is -0.240. The second-order valence-electron chi connectivity index (χ2n) is 4.83. The lowest BCUT2D eigenvalue weighted by Crippen LogP contribution is -2.22. The van der Waals surface area contributed by atoms with E-state index in [1.807, 2.05) is 6.92 Å². The first-order valence-electron chi connectivity index (χ1n) is 6.73. The van der Waals surface area contributed by atoms with Crippen molar-refractivity contribution in [1.29, 1.82) is 0 Å². The number of nitrogens with one attached hydrogen (secondary N) is 2. The van der Waals surface area contributed by atoms with E-state index < -0.39 is 0 Å². The number of halogens is 3. The molecular weight excluding hydrogens is 359 g/mol. The number of anilines is 2. The molecule has 2 N–H and O–H groups in total. The molecule has 0 spiro atoms. The minimum Gasteiger partial charge on any atom is -0.495 e. The van der Waals surface area contributed by atoms with E-state index in [1.54, 1.807) is 30.3 Å². The molecule has 2 rings (SSSR count). The highest BCUT2D eigenvalue weighted by molar-refractivity contribution is 6.36. The molecular formula is C16H15Cl3N2O2. The molecule has 1 amide bonds. The van der Waals surface area contributed by atoms with Crippen LogP contribution in [-0.2, 0) is 4.79 Å². The molecule has 0 saturated carbocycles. The Bertz CT molecular complexity index is 736. The Morgan fingerprint density at radius 3 is 2.48 bits per heavy atom. The van der Waals surface area contributed by atoms with Crippen LogP contribution in [0, 0.1) is 6.92 Å². The standard InChI is InChI=1S/C16H15Cl3N2O2/c1-9-5-14(15(23-2)7-11(9)18)21-16(22)8-20-13-4-3-10(17)6-12(13)19/h3-7,20H,8H2,1-2H3,(H,21,22). The molecule has 0 saturated heterocycles. The molecule has 0 heterocycles. The first-order chi connectivity index (χ1) is 10.9. The molecule has 4 nitrogen and oxygen atoms in total. The molecule has 0 bridgehead atoms. The third kappa shape index (κ3) is 4.67. The van der Waals surface area contributed by atoms with Gasteiger partial charge in [-0.3, -0.25) is 4.79 Å². The molecule has 2 aromatic carbocycles. The Hall–Kier alpha value is -1.62. The third-order valence-corrected chi connectivity index (χ3v) is 4.08. The van der Waals surface area contributed by atoms with E-state index in [0.717, 1.165) is 5.56 Å². The SMILES string of the molecule is COc1cc(Cl)c(C)cc1NC(=O)CNc1ccc(Cl)cc1Cl. The van der Waals surface area contributed by atoms with Crippen LogP contribution in [0.15, 0.2) is 30.3 Å². The van der Waals surface area contributed by atoms with Gasteiger partial charge in [0.25, 0.3) is 0 Å². The van der Waals surface area contributed by atoms with Crippen molar-refractivity contribution >= 4 is 52.1 Å². The fourth-order valence-electron chi connectivity index (χ4n) is 1.93. The zero-order valence-electron chi connectivity index (χ0n) is 12.5. The van der Waals surface area contributed by atoms with Gasteiger partial charge in [0.15, 0.2) is 0 Å². The molecule has 2 aromatic rings. The zero-order chi connectivity index (χ0) is 17.0. The Morgan fingerprint density at radius 2 is 1.83 bits per heavy atom. The van der Waals surface area contributed by atoms with Gasteiger partial charge < -0.3 is 15.4 Å². The number of rotatable bonds is 5. The maximum Gasteiger partial charge on any atom is 0.243 e. The lowest BCUT2D eigenvalue weighted by Gasteiger charge is -2.13. The van der Waals surface area contributed by atoms with Crippen molar-refractivity contribution in [2.75, 3.05) is 24.3 Å². The number of aryl methyl sites for hydroxylation is 1. The van der Waals surface area contributed by atoms with E-state index in [4.69, 9.17) is 39.5 Å². The van der Waals surface area contributed by atoms with Gasteiger partial charge in [-0.05, 0) is 36.8 Å². The smallest absolute Gasteiger partial charge is 0.243 e. The second-order valence-corrected chi connectivity index (χ2v) is 6.08. The Balaban J connectivity index is 2.04. The number of benzene rings is 2. The van der Waals surface area contributed by atoms with Crippen LogP contribution in [-0.4, -0.2) is 19.6 Å². The van der Waals surface area contributed by atoms with E-state index in [0.29, 0.717) is 32.2 Å². The van der Waals surface area contributed by atoms with Crippen molar-refractivity contribution < 1.29 is 9.53 Å². The second kappa shape index (κ2) is 7.77. The van der Waals surface area contributed by atoms with Gasteiger partial charge in [0.2, 0.25) is 5.91 Å². The number of carbonyl (C=O) groups is 1. The summed E-state index contributed by atoms with van der Waals surface area (Å²) in [4.78, 5) is 12.1. The van der Waals surface area contributed by atoms with Crippen LogP contribution in [0.5, 0.6) is 5.75 Å². The number of carbonyl (C=O) groups excluding carboxylic acids is 1. The summed E-state index contributed by atoms with van der Waals surface area (Å²) >= 11 is 17.9. The van der Waals surface area contributed by atoms with Gasteiger partial charge in [-0.25, -0.2) is 0 Å². The lowest BCUT2D eigenvalue weighted by molar-refractivity contribution is -0.114. The lowest BCUT2D eigenvalue weighted by atomic mass is 10.2. The van der Waals surface area contributed by atoms with Gasteiger partial charge >= 0.3 is 0 Å². The molecule has 0 aliphatic heterocycles. The average Bonchev–Trinajstić information content (AvgIpc) is 2.49. The highest BCUT2D eigenvalue weighted by Crippen LogP contribution is 2.31. The van der Waals surface area contributed by atoms with Crippen LogP contribution in [0.1, 0.15) is 5.56 Å². The summed E-state index contributed by atoms with van der Waals surface area (Å²) in [6.07, 6.45) is 0. The maximum absolute atomic E-state index is 12.1. The molecule has 0 aromatic heterocycles. The zero-order valence-corrected chi connectivity index (χ0v) is 14.8. The van der Waals surface area contributed by atoms with Crippen molar-refractivity contribution in [2.45, 2.75) is 6.92 Å². The van der Waals surface area contributed by atoms with Crippen LogP contribution in [0.3, 0.4) is 0 Å². The van der Waals surface area contributed by atoms with Crippen LogP contribution in [0.25, 0.3) is 0 Å².